The molecule has 2 aromatic carbocycles. The molecule has 3 rings (SSSR count). The van der Waals surface area contributed by atoms with Gasteiger partial charge in [0.05, 0.1) is 11.7 Å². The van der Waals surface area contributed by atoms with Gasteiger partial charge in [-0.15, -0.1) is 23.5 Å². The van der Waals surface area contributed by atoms with E-state index in [1.54, 1.807) is 7.11 Å². The summed E-state index contributed by atoms with van der Waals surface area (Å²) in [6.07, 6.45) is 0. The van der Waals surface area contributed by atoms with E-state index in [9.17, 15) is 4.79 Å². The fraction of sp³-hybridized carbons (Fsp3) is 0.278. The highest BCUT2D eigenvalue weighted by atomic mass is 79.9. The van der Waals surface area contributed by atoms with Crippen molar-refractivity contribution in [3.8, 4) is 11.5 Å². The molecule has 7 heteroatoms. The average molecular weight is 440 g/mol. The minimum absolute atomic E-state index is 0.0743. The maximum Gasteiger partial charge on any atom is 0.262 e. The van der Waals surface area contributed by atoms with Crippen LogP contribution in [0, 0.1) is 0 Å². The highest BCUT2D eigenvalue weighted by molar-refractivity contribution is 9.10. The summed E-state index contributed by atoms with van der Waals surface area (Å²) >= 11 is 7.26. The Bertz CT molecular complexity index is 751. The van der Waals surface area contributed by atoms with Crippen LogP contribution in [-0.2, 0) is 4.79 Å². The number of hydrogen-bond donors (Lipinski definition) is 1. The smallest absolute Gasteiger partial charge is 0.262 e. The Morgan fingerprint density at radius 3 is 2.72 bits per heavy atom. The third-order valence-electron chi connectivity index (χ3n) is 3.55. The van der Waals surface area contributed by atoms with Crippen LogP contribution in [0.4, 0.5) is 5.69 Å². The Balaban J connectivity index is 1.61. The molecule has 1 aliphatic rings. The maximum atomic E-state index is 12.1. The molecule has 0 unspecified atom stereocenters. The topological polar surface area (TPSA) is 47.6 Å². The molecule has 0 spiro atoms. The molecule has 132 valence electrons. The first kappa shape index (κ1) is 18.5. The van der Waals surface area contributed by atoms with Crippen LogP contribution in [0.1, 0.15) is 10.1 Å². The van der Waals surface area contributed by atoms with Crippen molar-refractivity contribution < 1.29 is 14.3 Å². The third kappa shape index (κ3) is 5.09. The molecule has 1 amide bonds. The van der Waals surface area contributed by atoms with E-state index >= 15 is 0 Å². The molecule has 0 radical (unpaired) electrons. The summed E-state index contributed by atoms with van der Waals surface area (Å²) in [6, 6.07) is 13.3. The van der Waals surface area contributed by atoms with Crippen molar-refractivity contribution >= 4 is 51.0 Å². The number of ether oxygens (including phenoxy) is 2. The third-order valence-corrected chi connectivity index (χ3v) is 7.15. The van der Waals surface area contributed by atoms with Crippen molar-refractivity contribution in [2.45, 2.75) is 4.58 Å². The van der Waals surface area contributed by atoms with Gasteiger partial charge in [-0.2, -0.15) is 0 Å². The van der Waals surface area contributed by atoms with E-state index in [0.717, 1.165) is 10.2 Å². The van der Waals surface area contributed by atoms with Gasteiger partial charge in [0.15, 0.2) is 18.1 Å². The Hall–Kier alpha value is -1.31. The van der Waals surface area contributed by atoms with Gasteiger partial charge in [0.2, 0.25) is 0 Å². The molecule has 1 aliphatic heterocycles. The second kappa shape index (κ2) is 8.87. The predicted molar refractivity (Wildman–Crippen MR) is 109 cm³/mol. The molecule has 0 aliphatic carbocycles. The van der Waals surface area contributed by atoms with Crippen LogP contribution in [0.5, 0.6) is 11.5 Å². The predicted octanol–water partition coefficient (Wildman–Crippen LogP) is 4.95. The van der Waals surface area contributed by atoms with Gasteiger partial charge in [0.25, 0.3) is 5.91 Å². The van der Waals surface area contributed by atoms with Gasteiger partial charge in [-0.1, -0.05) is 28.1 Å². The van der Waals surface area contributed by atoms with Crippen LogP contribution >= 0.6 is 39.5 Å². The SMILES string of the molecule is COc1cc(C2SCCS2)ccc1OCC(=O)Nc1cccc(Br)c1. The van der Waals surface area contributed by atoms with Crippen molar-refractivity contribution in [1.82, 2.24) is 0 Å². The molecule has 1 saturated heterocycles. The van der Waals surface area contributed by atoms with Crippen molar-refractivity contribution in [1.29, 1.82) is 0 Å². The zero-order valence-corrected chi connectivity index (χ0v) is 16.9. The van der Waals surface area contributed by atoms with E-state index in [4.69, 9.17) is 9.47 Å². The summed E-state index contributed by atoms with van der Waals surface area (Å²) < 4.78 is 12.4. The zero-order chi connectivity index (χ0) is 17.6. The lowest BCUT2D eigenvalue weighted by Crippen LogP contribution is -2.20. The number of carbonyl (C=O) groups excluding carboxylic acids is 1. The fourth-order valence-corrected chi connectivity index (χ4v) is 5.65. The van der Waals surface area contributed by atoms with E-state index in [-0.39, 0.29) is 12.5 Å². The monoisotopic (exact) mass is 439 g/mol. The minimum atomic E-state index is -0.217. The van der Waals surface area contributed by atoms with Gasteiger partial charge in [-0.05, 0) is 35.9 Å². The fourth-order valence-electron chi connectivity index (χ4n) is 2.41. The van der Waals surface area contributed by atoms with Gasteiger partial charge < -0.3 is 14.8 Å². The van der Waals surface area contributed by atoms with Gasteiger partial charge in [0, 0.05) is 21.7 Å². The number of rotatable bonds is 6. The molecule has 4 nitrogen and oxygen atoms in total. The zero-order valence-electron chi connectivity index (χ0n) is 13.7. The van der Waals surface area contributed by atoms with Crippen molar-refractivity contribution in [3.63, 3.8) is 0 Å². The van der Waals surface area contributed by atoms with E-state index in [2.05, 4.69) is 21.2 Å². The molecule has 0 saturated carbocycles. The first-order valence-electron chi connectivity index (χ1n) is 7.75. The number of nitrogens with one attached hydrogen (secondary N) is 1. The Morgan fingerprint density at radius 1 is 1.20 bits per heavy atom. The van der Waals surface area contributed by atoms with Crippen LogP contribution in [0.15, 0.2) is 46.9 Å². The molecular formula is C18H18BrNO3S2. The standard InChI is InChI=1S/C18H18BrNO3S2/c1-22-16-9-12(18-24-7-8-25-18)5-6-15(16)23-11-17(21)20-14-4-2-3-13(19)10-14/h2-6,9-10,18H,7-8,11H2,1H3,(H,20,21). The second-order valence-electron chi connectivity index (χ2n) is 5.33. The average Bonchev–Trinajstić information content (AvgIpc) is 3.14. The van der Waals surface area contributed by atoms with Crippen LogP contribution in [0.25, 0.3) is 0 Å². The normalized spacial score (nSPS) is 14.3. The molecule has 25 heavy (non-hydrogen) atoms. The van der Waals surface area contributed by atoms with Crippen LogP contribution in [0.3, 0.4) is 0 Å². The lowest BCUT2D eigenvalue weighted by atomic mass is 10.2. The van der Waals surface area contributed by atoms with E-state index in [1.165, 1.54) is 17.1 Å². The first-order chi connectivity index (χ1) is 12.2. The first-order valence-corrected chi connectivity index (χ1v) is 10.6. The van der Waals surface area contributed by atoms with Crippen molar-refractivity contribution in [2.24, 2.45) is 0 Å². The second-order valence-corrected chi connectivity index (χ2v) is 8.97. The molecule has 1 fully saturated rings. The van der Waals surface area contributed by atoms with Crippen LogP contribution in [-0.4, -0.2) is 31.1 Å². The highest BCUT2D eigenvalue weighted by Gasteiger charge is 2.20. The Kier molecular flexibility index (Phi) is 6.56. The van der Waals surface area contributed by atoms with Gasteiger partial charge in [-0.3, -0.25) is 4.79 Å². The number of thioether (sulfide) groups is 2. The van der Waals surface area contributed by atoms with Crippen LogP contribution in [0.2, 0.25) is 0 Å². The van der Waals surface area contributed by atoms with E-state index in [0.29, 0.717) is 16.1 Å². The quantitative estimate of drug-likeness (QED) is 0.689. The number of methoxy groups -OCH3 is 1. The number of hydrogen-bond acceptors (Lipinski definition) is 5. The molecule has 0 atom stereocenters. The molecule has 0 aromatic heterocycles. The van der Waals surface area contributed by atoms with Gasteiger partial charge >= 0.3 is 0 Å². The van der Waals surface area contributed by atoms with Crippen LogP contribution < -0.4 is 14.8 Å². The summed E-state index contributed by atoms with van der Waals surface area (Å²) in [6.45, 7) is -0.0743. The number of benzene rings is 2. The summed E-state index contributed by atoms with van der Waals surface area (Å²) in [5.74, 6) is 3.35. The minimum Gasteiger partial charge on any atom is -0.493 e. The molecule has 1 heterocycles. The summed E-state index contributed by atoms with van der Waals surface area (Å²) in [5, 5.41) is 2.81. The summed E-state index contributed by atoms with van der Waals surface area (Å²) in [7, 11) is 1.61. The number of anilines is 1. The van der Waals surface area contributed by atoms with E-state index < -0.39 is 0 Å². The number of amides is 1. The molecule has 1 N–H and O–H groups in total. The van der Waals surface area contributed by atoms with Gasteiger partial charge in [0.1, 0.15) is 0 Å². The number of carbonyl (C=O) groups is 1. The lowest BCUT2D eigenvalue weighted by molar-refractivity contribution is -0.118. The van der Waals surface area contributed by atoms with Crippen molar-refractivity contribution in [3.05, 3.63) is 52.5 Å². The highest BCUT2D eigenvalue weighted by Crippen LogP contribution is 2.46. The van der Waals surface area contributed by atoms with E-state index in [1.807, 2.05) is 66.0 Å². The lowest BCUT2D eigenvalue weighted by Gasteiger charge is -2.14. The van der Waals surface area contributed by atoms with Gasteiger partial charge in [-0.25, -0.2) is 0 Å². The molecule has 2 aromatic rings. The molecule has 0 bridgehead atoms. The van der Waals surface area contributed by atoms with Crippen molar-refractivity contribution in [2.75, 3.05) is 30.5 Å². The Labute approximate surface area is 164 Å². The summed E-state index contributed by atoms with van der Waals surface area (Å²) in [5.41, 5.74) is 1.94. The molecular weight excluding hydrogens is 422 g/mol. The summed E-state index contributed by atoms with van der Waals surface area (Å²) in [4.78, 5) is 12.1. The number of halogens is 1. The Morgan fingerprint density at radius 2 is 2.00 bits per heavy atom. The largest absolute Gasteiger partial charge is 0.493 e. The maximum absolute atomic E-state index is 12.1.